The highest BCUT2D eigenvalue weighted by Gasteiger charge is 2.40. The molecule has 2 atom stereocenters. The number of carbonyl (C=O) groups is 2. The zero-order valence-corrected chi connectivity index (χ0v) is 12.0. The highest BCUT2D eigenvalue weighted by atomic mass is 16.5. The maximum absolute atomic E-state index is 12.7. The molecule has 1 aromatic rings. The first kappa shape index (κ1) is 15.2. The Bertz CT molecular complexity index is 534. The predicted molar refractivity (Wildman–Crippen MR) is 73.2 cm³/mol. The number of carboxylic acid groups (broad SMARTS) is 1. The summed E-state index contributed by atoms with van der Waals surface area (Å²) in [5.74, 6) is -1.57. The van der Waals surface area contributed by atoms with Crippen LogP contribution in [0.3, 0.4) is 0 Å². The summed E-state index contributed by atoms with van der Waals surface area (Å²) in [6.45, 7) is 2.55. The molecule has 21 heavy (non-hydrogen) atoms. The molecule has 1 aliphatic heterocycles. The van der Waals surface area contributed by atoms with E-state index in [4.69, 9.17) is 9.47 Å². The van der Waals surface area contributed by atoms with Gasteiger partial charge in [-0.05, 0) is 13.0 Å². The molecule has 1 amide bonds. The monoisotopic (exact) mass is 294 g/mol. The lowest BCUT2D eigenvalue weighted by Gasteiger charge is -2.29. The van der Waals surface area contributed by atoms with E-state index in [0.717, 1.165) is 0 Å². The van der Waals surface area contributed by atoms with Crippen molar-refractivity contribution in [3.05, 3.63) is 24.0 Å². The number of nitrogens with zero attached hydrogens (tertiary/aromatic N) is 2. The van der Waals surface area contributed by atoms with E-state index in [2.05, 4.69) is 4.98 Å². The van der Waals surface area contributed by atoms with Crippen molar-refractivity contribution >= 4 is 11.9 Å². The number of carboxylic acids is 1. The number of likely N-dealkylation sites (N-methyl/N-ethyl adjacent to an activating group) is 1. The molecule has 0 radical (unpaired) electrons. The van der Waals surface area contributed by atoms with E-state index in [0.29, 0.717) is 17.9 Å². The summed E-state index contributed by atoms with van der Waals surface area (Å²) in [7, 11) is 1.46. The molecule has 2 heterocycles. The number of pyridine rings is 1. The van der Waals surface area contributed by atoms with Gasteiger partial charge in [0.1, 0.15) is 11.7 Å². The molecule has 1 aromatic heterocycles. The third-order valence-electron chi connectivity index (χ3n) is 3.60. The van der Waals surface area contributed by atoms with Crippen LogP contribution in [0.5, 0.6) is 5.75 Å². The number of hydrogen-bond acceptors (Lipinski definition) is 5. The molecule has 7 heteroatoms. The van der Waals surface area contributed by atoms with Crippen molar-refractivity contribution in [3.63, 3.8) is 0 Å². The first-order valence-electron chi connectivity index (χ1n) is 6.69. The van der Waals surface area contributed by atoms with Gasteiger partial charge in [-0.1, -0.05) is 0 Å². The number of aromatic nitrogens is 1. The second-order valence-corrected chi connectivity index (χ2v) is 4.72. The first-order valence-corrected chi connectivity index (χ1v) is 6.69. The van der Waals surface area contributed by atoms with Gasteiger partial charge in [0, 0.05) is 12.7 Å². The fourth-order valence-corrected chi connectivity index (χ4v) is 2.49. The van der Waals surface area contributed by atoms with Crippen LogP contribution in [0.2, 0.25) is 0 Å². The van der Waals surface area contributed by atoms with Crippen LogP contribution in [0.15, 0.2) is 18.5 Å². The van der Waals surface area contributed by atoms with E-state index in [1.807, 2.05) is 6.92 Å². The van der Waals surface area contributed by atoms with Crippen molar-refractivity contribution in [1.82, 2.24) is 9.88 Å². The second-order valence-electron chi connectivity index (χ2n) is 4.72. The van der Waals surface area contributed by atoms with Crippen LogP contribution in [0.4, 0.5) is 0 Å². The maximum atomic E-state index is 12.7. The Morgan fingerprint density at radius 3 is 2.90 bits per heavy atom. The van der Waals surface area contributed by atoms with Gasteiger partial charge in [-0.15, -0.1) is 0 Å². The van der Waals surface area contributed by atoms with Gasteiger partial charge >= 0.3 is 5.97 Å². The molecule has 1 aliphatic rings. The molecular formula is C14H18N2O5. The lowest BCUT2D eigenvalue weighted by molar-refractivity contribution is -0.142. The molecule has 114 valence electrons. The number of ether oxygens (including phenoxy) is 2. The van der Waals surface area contributed by atoms with Crippen molar-refractivity contribution in [1.29, 1.82) is 0 Å². The predicted octanol–water partition coefficient (Wildman–Crippen LogP) is 0.652. The molecule has 1 N–H and O–H groups in total. The van der Waals surface area contributed by atoms with Crippen molar-refractivity contribution in [2.45, 2.75) is 13.0 Å². The standard InChI is InChI=1S/C14H18N2O5/c1-3-16(11-8-21-7-10(11)14(18)19)13(17)9-4-5-15-6-12(9)20-2/h4-6,10-11H,3,7-8H2,1-2H3,(H,18,19). The number of hydrogen-bond donors (Lipinski definition) is 1. The average Bonchev–Trinajstić information content (AvgIpc) is 2.97. The Kier molecular flexibility index (Phi) is 4.74. The molecule has 0 aliphatic carbocycles. The Morgan fingerprint density at radius 2 is 2.29 bits per heavy atom. The minimum atomic E-state index is -0.953. The van der Waals surface area contributed by atoms with Crippen molar-refractivity contribution in [3.8, 4) is 5.75 Å². The first-order chi connectivity index (χ1) is 10.1. The van der Waals surface area contributed by atoms with E-state index in [9.17, 15) is 14.7 Å². The number of aliphatic carboxylic acids is 1. The zero-order chi connectivity index (χ0) is 15.4. The number of amides is 1. The fraction of sp³-hybridized carbons (Fsp3) is 0.500. The quantitative estimate of drug-likeness (QED) is 0.858. The molecule has 0 bridgehead atoms. The number of carbonyl (C=O) groups excluding carboxylic acids is 1. The number of rotatable bonds is 5. The second kappa shape index (κ2) is 6.53. The smallest absolute Gasteiger partial charge is 0.311 e. The van der Waals surface area contributed by atoms with E-state index in [-0.39, 0.29) is 19.1 Å². The highest BCUT2D eigenvalue weighted by molar-refractivity contribution is 5.97. The van der Waals surface area contributed by atoms with Crippen LogP contribution >= 0.6 is 0 Å². The molecule has 2 rings (SSSR count). The van der Waals surface area contributed by atoms with Crippen molar-refractivity contribution in [2.24, 2.45) is 5.92 Å². The Labute approximate surface area is 122 Å². The molecule has 0 spiro atoms. The SMILES string of the molecule is CCN(C(=O)c1ccncc1OC)C1COCC1C(=O)O. The van der Waals surface area contributed by atoms with Gasteiger partial charge in [0.2, 0.25) is 0 Å². The lowest BCUT2D eigenvalue weighted by Crippen LogP contribution is -2.46. The van der Waals surface area contributed by atoms with E-state index in [1.165, 1.54) is 24.4 Å². The summed E-state index contributed by atoms with van der Waals surface area (Å²) in [5, 5.41) is 9.23. The molecular weight excluding hydrogens is 276 g/mol. The van der Waals surface area contributed by atoms with Crippen LogP contribution < -0.4 is 4.74 Å². The van der Waals surface area contributed by atoms with E-state index < -0.39 is 17.9 Å². The maximum Gasteiger partial charge on any atom is 0.311 e. The molecule has 2 unspecified atom stereocenters. The largest absolute Gasteiger partial charge is 0.494 e. The summed E-state index contributed by atoms with van der Waals surface area (Å²) in [6, 6.07) is 1.09. The highest BCUT2D eigenvalue weighted by Crippen LogP contribution is 2.24. The molecule has 1 fully saturated rings. The molecule has 1 saturated heterocycles. The summed E-state index contributed by atoms with van der Waals surface area (Å²) in [6.07, 6.45) is 2.96. The Morgan fingerprint density at radius 1 is 1.52 bits per heavy atom. The average molecular weight is 294 g/mol. The third kappa shape index (κ3) is 2.97. The zero-order valence-electron chi connectivity index (χ0n) is 12.0. The normalized spacial score (nSPS) is 21.0. The van der Waals surface area contributed by atoms with E-state index in [1.54, 1.807) is 6.07 Å². The molecule has 0 saturated carbocycles. The van der Waals surface area contributed by atoms with E-state index >= 15 is 0 Å². The van der Waals surface area contributed by atoms with Gasteiger partial charge in [-0.25, -0.2) is 0 Å². The van der Waals surface area contributed by atoms with Gasteiger partial charge < -0.3 is 19.5 Å². The van der Waals surface area contributed by atoms with Gasteiger partial charge in [-0.3, -0.25) is 14.6 Å². The molecule has 0 aromatic carbocycles. The third-order valence-corrected chi connectivity index (χ3v) is 3.60. The van der Waals surface area contributed by atoms with Gasteiger partial charge in [0.05, 0.1) is 38.1 Å². The fourth-order valence-electron chi connectivity index (χ4n) is 2.49. The van der Waals surface area contributed by atoms with Crippen LogP contribution in [0.1, 0.15) is 17.3 Å². The van der Waals surface area contributed by atoms with Crippen LogP contribution in [-0.4, -0.2) is 59.8 Å². The Hall–Kier alpha value is -2.15. The van der Waals surface area contributed by atoms with Gasteiger partial charge in [-0.2, -0.15) is 0 Å². The van der Waals surface area contributed by atoms with Gasteiger partial charge in [0.15, 0.2) is 0 Å². The van der Waals surface area contributed by atoms with Crippen LogP contribution in [0.25, 0.3) is 0 Å². The topological polar surface area (TPSA) is 89.0 Å². The lowest BCUT2D eigenvalue weighted by atomic mass is 10.0. The van der Waals surface area contributed by atoms with Crippen LogP contribution in [0, 0.1) is 5.92 Å². The minimum absolute atomic E-state index is 0.122. The summed E-state index contributed by atoms with van der Waals surface area (Å²) in [5.41, 5.74) is 0.366. The summed E-state index contributed by atoms with van der Waals surface area (Å²) < 4.78 is 10.4. The number of methoxy groups -OCH3 is 1. The van der Waals surface area contributed by atoms with Crippen molar-refractivity contribution < 1.29 is 24.2 Å². The van der Waals surface area contributed by atoms with Crippen LogP contribution in [-0.2, 0) is 9.53 Å². The van der Waals surface area contributed by atoms with Gasteiger partial charge in [0.25, 0.3) is 5.91 Å². The molecule has 7 nitrogen and oxygen atoms in total. The Balaban J connectivity index is 2.28. The van der Waals surface area contributed by atoms with Crippen molar-refractivity contribution in [2.75, 3.05) is 26.9 Å². The summed E-state index contributed by atoms with van der Waals surface area (Å²) in [4.78, 5) is 29.4. The minimum Gasteiger partial charge on any atom is -0.494 e. The summed E-state index contributed by atoms with van der Waals surface area (Å²) >= 11 is 0.